The van der Waals surface area contributed by atoms with Crippen LogP contribution in [0.15, 0.2) is 0 Å². The lowest BCUT2D eigenvalue weighted by molar-refractivity contribution is -0.139. The maximum atomic E-state index is 11.3. The van der Waals surface area contributed by atoms with Crippen molar-refractivity contribution in [3.8, 4) is 0 Å². The topological polar surface area (TPSA) is 87.7 Å². The SMILES string of the molecule is CCC(NCCCNC(=O)OC(C)(C)C)C(=O)O. The second-order valence-corrected chi connectivity index (χ2v) is 5.04. The predicted molar refractivity (Wildman–Crippen MR) is 68.6 cm³/mol. The van der Waals surface area contributed by atoms with Crippen LogP contribution in [0, 0.1) is 0 Å². The van der Waals surface area contributed by atoms with E-state index in [4.69, 9.17) is 9.84 Å². The van der Waals surface area contributed by atoms with Gasteiger partial charge in [-0.05, 0) is 40.2 Å². The number of hydrogen-bond donors (Lipinski definition) is 3. The highest BCUT2D eigenvalue weighted by Gasteiger charge is 2.16. The molecule has 18 heavy (non-hydrogen) atoms. The first kappa shape index (κ1) is 16.7. The number of alkyl carbamates (subject to hydrolysis) is 1. The van der Waals surface area contributed by atoms with E-state index in [0.717, 1.165) is 0 Å². The van der Waals surface area contributed by atoms with Crippen molar-refractivity contribution in [1.29, 1.82) is 0 Å². The van der Waals surface area contributed by atoms with Crippen molar-refractivity contribution in [2.75, 3.05) is 13.1 Å². The van der Waals surface area contributed by atoms with Crippen molar-refractivity contribution < 1.29 is 19.4 Å². The number of carboxylic acid groups (broad SMARTS) is 1. The Morgan fingerprint density at radius 3 is 2.33 bits per heavy atom. The zero-order chi connectivity index (χ0) is 14.2. The van der Waals surface area contributed by atoms with E-state index in [1.54, 1.807) is 20.8 Å². The standard InChI is InChI=1S/C12H24N2O4/c1-5-9(10(15)16)13-7-6-8-14-11(17)18-12(2,3)4/h9,13H,5-8H2,1-4H3,(H,14,17)(H,15,16). The Hall–Kier alpha value is -1.30. The molecule has 0 aliphatic heterocycles. The Morgan fingerprint density at radius 2 is 1.89 bits per heavy atom. The van der Waals surface area contributed by atoms with E-state index < -0.39 is 23.7 Å². The molecule has 1 unspecified atom stereocenters. The lowest BCUT2D eigenvalue weighted by Gasteiger charge is -2.19. The van der Waals surface area contributed by atoms with E-state index in [9.17, 15) is 9.59 Å². The summed E-state index contributed by atoms with van der Waals surface area (Å²) in [6.07, 6.45) is 0.741. The molecule has 3 N–H and O–H groups in total. The molecule has 0 aliphatic rings. The molecule has 0 aromatic carbocycles. The molecule has 0 radical (unpaired) electrons. The minimum atomic E-state index is -0.849. The zero-order valence-corrected chi connectivity index (χ0v) is 11.6. The number of carbonyl (C=O) groups excluding carboxylic acids is 1. The fourth-order valence-corrected chi connectivity index (χ4v) is 1.28. The van der Waals surface area contributed by atoms with Crippen molar-refractivity contribution in [2.24, 2.45) is 0 Å². The van der Waals surface area contributed by atoms with E-state index in [0.29, 0.717) is 25.9 Å². The molecule has 0 heterocycles. The van der Waals surface area contributed by atoms with Crippen molar-refractivity contribution in [2.45, 2.75) is 52.2 Å². The van der Waals surface area contributed by atoms with E-state index in [1.165, 1.54) is 0 Å². The van der Waals surface area contributed by atoms with Gasteiger partial charge in [0.2, 0.25) is 0 Å². The molecule has 0 rings (SSSR count). The van der Waals surface area contributed by atoms with Gasteiger partial charge in [-0.15, -0.1) is 0 Å². The largest absolute Gasteiger partial charge is 0.480 e. The minimum Gasteiger partial charge on any atom is -0.480 e. The number of aliphatic carboxylic acids is 1. The van der Waals surface area contributed by atoms with Crippen molar-refractivity contribution in [1.82, 2.24) is 10.6 Å². The molecule has 0 fully saturated rings. The van der Waals surface area contributed by atoms with Gasteiger partial charge in [0.1, 0.15) is 11.6 Å². The number of hydrogen-bond acceptors (Lipinski definition) is 4. The molecule has 0 bridgehead atoms. The summed E-state index contributed by atoms with van der Waals surface area (Å²) in [6.45, 7) is 8.20. The molecule has 1 atom stereocenters. The normalized spacial score (nSPS) is 12.9. The van der Waals surface area contributed by atoms with Crippen LogP contribution in [0.3, 0.4) is 0 Å². The lowest BCUT2D eigenvalue weighted by Crippen LogP contribution is -2.38. The summed E-state index contributed by atoms with van der Waals surface area (Å²) in [5.41, 5.74) is -0.501. The molecule has 6 heteroatoms. The molecular weight excluding hydrogens is 236 g/mol. The maximum absolute atomic E-state index is 11.3. The van der Waals surface area contributed by atoms with Crippen LogP contribution in [-0.4, -0.2) is 41.9 Å². The summed E-state index contributed by atoms with van der Waals surface area (Å²) in [5, 5.41) is 14.3. The summed E-state index contributed by atoms with van der Waals surface area (Å²) in [5.74, 6) is -0.849. The number of rotatable bonds is 7. The van der Waals surface area contributed by atoms with E-state index >= 15 is 0 Å². The summed E-state index contributed by atoms with van der Waals surface area (Å²) < 4.78 is 5.06. The number of amides is 1. The summed E-state index contributed by atoms with van der Waals surface area (Å²) in [7, 11) is 0. The average molecular weight is 260 g/mol. The first-order valence-corrected chi connectivity index (χ1v) is 6.19. The Kier molecular flexibility index (Phi) is 7.35. The number of ether oxygens (including phenoxy) is 1. The predicted octanol–water partition coefficient (Wildman–Crippen LogP) is 1.35. The fraction of sp³-hybridized carbons (Fsp3) is 0.833. The van der Waals surface area contributed by atoms with Crippen molar-refractivity contribution in [3.63, 3.8) is 0 Å². The second kappa shape index (κ2) is 7.92. The Balaban J connectivity index is 3.62. The summed E-state index contributed by atoms with van der Waals surface area (Å²) in [6, 6.07) is -0.522. The maximum Gasteiger partial charge on any atom is 0.407 e. The van der Waals surface area contributed by atoms with Crippen LogP contribution >= 0.6 is 0 Å². The Morgan fingerprint density at radius 1 is 1.28 bits per heavy atom. The third-order valence-corrected chi connectivity index (χ3v) is 2.12. The van der Waals surface area contributed by atoms with Crippen LogP contribution in [0.4, 0.5) is 4.79 Å². The highest BCUT2D eigenvalue weighted by atomic mass is 16.6. The Bertz CT molecular complexity index is 274. The van der Waals surface area contributed by atoms with Gasteiger partial charge in [-0.1, -0.05) is 6.92 Å². The van der Waals surface area contributed by atoms with Crippen molar-refractivity contribution in [3.05, 3.63) is 0 Å². The molecule has 0 aromatic rings. The van der Waals surface area contributed by atoms with Crippen molar-refractivity contribution >= 4 is 12.1 Å². The highest BCUT2D eigenvalue weighted by Crippen LogP contribution is 2.06. The smallest absolute Gasteiger partial charge is 0.407 e. The van der Waals surface area contributed by atoms with Gasteiger partial charge in [-0.25, -0.2) is 4.79 Å². The number of nitrogens with one attached hydrogen (secondary N) is 2. The molecule has 0 saturated heterocycles. The summed E-state index contributed by atoms with van der Waals surface area (Å²) >= 11 is 0. The Labute approximate surface area is 108 Å². The van der Waals surface area contributed by atoms with Gasteiger partial charge in [-0.3, -0.25) is 4.79 Å². The van der Waals surface area contributed by atoms with Gasteiger partial charge < -0.3 is 20.5 Å². The quantitative estimate of drug-likeness (QED) is 0.601. The first-order chi connectivity index (χ1) is 8.26. The van der Waals surface area contributed by atoms with Crippen LogP contribution in [0.1, 0.15) is 40.5 Å². The lowest BCUT2D eigenvalue weighted by atomic mass is 10.2. The number of carboxylic acids is 1. The van der Waals surface area contributed by atoms with Gasteiger partial charge in [0, 0.05) is 6.54 Å². The van der Waals surface area contributed by atoms with Gasteiger partial charge in [0.05, 0.1) is 0 Å². The van der Waals surface area contributed by atoms with Crippen LogP contribution in [-0.2, 0) is 9.53 Å². The number of carbonyl (C=O) groups is 2. The monoisotopic (exact) mass is 260 g/mol. The van der Waals surface area contributed by atoms with E-state index in [1.807, 2.05) is 6.92 Å². The summed E-state index contributed by atoms with van der Waals surface area (Å²) in [4.78, 5) is 22.0. The van der Waals surface area contributed by atoms with Gasteiger partial charge >= 0.3 is 12.1 Å². The zero-order valence-electron chi connectivity index (χ0n) is 11.6. The van der Waals surface area contributed by atoms with E-state index in [-0.39, 0.29) is 0 Å². The van der Waals surface area contributed by atoms with Crippen LogP contribution in [0.25, 0.3) is 0 Å². The molecule has 106 valence electrons. The third-order valence-electron chi connectivity index (χ3n) is 2.12. The van der Waals surface area contributed by atoms with Gasteiger partial charge in [0.15, 0.2) is 0 Å². The minimum absolute atomic E-state index is 0.451. The fourth-order valence-electron chi connectivity index (χ4n) is 1.28. The molecule has 1 amide bonds. The molecule has 0 aromatic heterocycles. The average Bonchev–Trinajstić information content (AvgIpc) is 2.20. The molecule has 0 spiro atoms. The third kappa shape index (κ3) is 8.81. The molecule has 0 aliphatic carbocycles. The van der Waals surface area contributed by atoms with Gasteiger partial charge in [0.25, 0.3) is 0 Å². The molecule has 6 nitrogen and oxygen atoms in total. The van der Waals surface area contributed by atoms with Crippen LogP contribution in [0.5, 0.6) is 0 Å². The van der Waals surface area contributed by atoms with Crippen LogP contribution in [0.2, 0.25) is 0 Å². The van der Waals surface area contributed by atoms with Gasteiger partial charge in [-0.2, -0.15) is 0 Å². The highest BCUT2D eigenvalue weighted by molar-refractivity contribution is 5.73. The second-order valence-electron chi connectivity index (χ2n) is 5.04. The van der Waals surface area contributed by atoms with E-state index in [2.05, 4.69) is 10.6 Å². The molecular formula is C12H24N2O4. The molecule has 0 saturated carbocycles. The van der Waals surface area contributed by atoms with Crippen LogP contribution < -0.4 is 10.6 Å². The first-order valence-electron chi connectivity index (χ1n) is 6.19.